The Morgan fingerprint density at radius 2 is 1.95 bits per heavy atom. The lowest BCUT2D eigenvalue weighted by Gasteiger charge is -2.17. The first-order valence-electron chi connectivity index (χ1n) is 6.56. The van der Waals surface area contributed by atoms with Gasteiger partial charge in [0.05, 0.1) is 5.92 Å². The highest BCUT2D eigenvalue weighted by atomic mass is 16.2. The fourth-order valence-corrected chi connectivity index (χ4v) is 2.73. The van der Waals surface area contributed by atoms with Crippen molar-refractivity contribution >= 4 is 11.8 Å². The van der Waals surface area contributed by atoms with E-state index in [1.165, 1.54) is 0 Å². The van der Waals surface area contributed by atoms with Gasteiger partial charge >= 0.3 is 0 Å². The number of carbonyl (C=O) groups is 2. The van der Waals surface area contributed by atoms with Crippen molar-refractivity contribution in [2.24, 2.45) is 17.6 Å². The van der Waals surface area contributed by atoms with Crippen LogP contribution in [0.25, 0.3) is 0 Å². The topological polar surface area (TPSA) is 63.4 Å². The summed E-state index contributed by atoms with van der Waals surface area (Å²) < 4.78 is 0. The normalized spacial score (nSPS) is 22.6. The molecule has 4 heteroatoms. The predicted molar refractivity (Wildman–Crippen MR) is 73.7 cm³/mol. The summed E-state index contributed by atoms with van der Waals surface area (Å²) in [6.07, 6.45) is 0. The molecule has 0 spiro atoms. The zero-order chi connectivity index (χ0) is 14.2. The van der Waals surface area contributed by atoms with Crippen molar-refractivity contribution in [2.75, 3.05) is 13.1 Å². The van der Waals surface area contributed by atoms with Gasteiger partial charge in [-0.25, -0.2) is 0 Å². The standard InChI is InChI=1S/C15H20N2O2/c1-9-4-5-12(10(2)6-9)15(19)17-7-11(3)13(8-17)14(16)18/h4-6,11,13H,7-8H2,1-3H3,(H2,16,18)/t11-,13-/m1/s1. The second-order valence-electron chi connectivity index (χ2n) is 5.51. The van der Waals surface area contributed by atoms with E-state index in [-0.39, 0.29) is 23.7 Å². The molecular weight excluding hydrogens is 240 g/mol. The van der Waals surface area contributed by atoms with Crippen molar-refractivity contribution in [2.45, 2.75) is 20.8 Å². The maximum Gasteiger partial charge on any atom is 0.254 e. The summed E-state index contributed by atoms with van der Waals surface area (Å²) in [7, 11) is 0. The van der Waals surface area contributed by atoms with Crippen LogP contribution in [0.2, 0.25) is 0 Å². The van der Waals surface area contributed by atoms with Crippen LogP contribution in [0.3, 0.4) is 0 Å². The van der Waals surface area contributed by atoms with Crippen molar-refractivity contribution in [3.8, 4) is 0 Å². The number of aryl methyl sites for hydroxylation is 2. The van der Waals surface area contributed by atoms with Gasteiger partial charge in [0.15, 0.2) is 0 Å². The number of benzene rings is 1. The lowest BCUT2D eigenvalue weighted by atomic mass is 9.98. The summed E-state index contributed by atoms with van der Waals surface area (Å²) in [4.78, 5) is 25.5. The fraction of sp³-hybridized carbons (Fsp3) is 0.467. The molecule has 1 aromatic rings. The molecule has 0 aliphatic carbocycles. The molecule has 1 aliphatic heterocycles. The maximum absolute atomic E-state index is 12.5. The van der Waals surface area contributed by atoms with Gasteiger partial charge in [-0.3, -0.25) is 9.59 Å². The van der Waals surface area contributed by atoms with E-state index in [1.807, 2.05) is 39.0 Å². The van der Waals surface area contributed by atoms with E-state index < -0.39 is 0 Å². The first kappa shape index (κ1) is 13.6. The smallest absolute Gasteiger partial charge is 0.254 e. The molecule has 2 N–H and O–H groups in total. The molecule has 2 rings (SSSR count). The largest absolute Gasteiger partial charge is 0.369 e. The quantitative estimate of drug-likeness (QED) is 0.875. The van der Waals surface area contributed by atoms with Gasteiger partial charge < -0.3 is 10.6 Å². The van der Waals surface area contributed by atoms with Crippen molar-refractivity contribution in [3.05, 3.63) is 34.9 Å². The number of nitrogens with zero attached hydrogens (tertiary/aromatic N) is 1. The van der Waals surface area contributed by atoms with E-state index in [0.29, 0.717) is 18.7 Å². The second-order valence-corrected chi connectivity index (χ2v) is 5.51. The van der Waals surface area contributed by atoms with Crippen molar-refractivity contribution in [1.82, 2.24) is 4.90 Å². The minimum atomic E-state index is -0.316. The molecule has 102 valence electrons. The monoisotopic (exact) mass is 260 g/mol. The summed E-state index contributed by atoms with van der Waals surface area (Å²) in [6, 6.07) is 5.79. The molecule has 1 aliphatic rings. The van der Waals surface area contributed by atoms with Crippen LogP contribution in [0.4, 0.5) is 0 Å². The van der Waals surface area contributed by atoms with Crippen molar-refractivity contribution in [1.29, 1.82) is 0 Å². The highest BCUT2D eigenvalue weighted by Crippen LogP contribution is 2.25. The third-order valence-corrected chi connectivity index (χ3v) is 3.88. The molecule has 0 saturated carbocycles. The number of carbonyl (C=O) groups excluding carboxylic acids is 2. The Bertz CT molecular complexity index is 525. The van der Waals surface area contributed by atoms with Gasteiger partial charge in [0, 0.05) is 18.7 Å². The summed E-state index contributed by atoms with van der Waals surface area (Å²) in [5.41, 5.74) is 8.18. The van der Waals surface area contributed by atoms with Gasteiger partial charge in [0.25, 0.3) is 5.91 Å². The average molecular weight is 260 g/mol. The third-order valence-electron chi connectivity index (χ3n) is 3.88. The molecule has 0 radical (unpaired) electrons. The molecular formula is C15H20N2O2. The number of amides is 2. The second kappa shape index (κ2) is 5.03. The van der Waals surface area contributed by atoms with Crippen LogP contribution in [0.5, 0.6) is 0 Å². The predicted octanol–water partition coefficient (Wildman–Crippen LogP) is 1.50. The Labute approximate surface area is 113 Å². The molecule has 1 heterocycles. The molecule has 19 heavy (non-hydrogen) atoms. The molecule has 1 fully saturated rings. The molecule has 1 saturated heterocycles. The lowest BCUT2D eigenvalue weighted by Crippen LogP contribution is -2.32. The van der Waals surface area contributed by atoms with E-state index in [0.717, 1.165) is 11.1 Å². The number of nitrogens with two attached hydrogens (primary N) is 1. The highest BCUT2D eigenvalue weighted by Gasteiger charge is 2.36. The maximum atomic E-state index is 12.5. The van der Waals surface area contributed by atoms with Crippen molar-refractivity contribution in [3.63, 3.8) is 0 Å². The number of rotatable bonds is 2. The van der Waals surface area contributed by atoms with Crippen LogP contribution in [0, 0.1) is 25.7 Å². The Kier molecular flexibility index (Phi) is 3.60. The molecule has 2 atom stereocenters. The third kappa shape index (κ3) is 2.62. The van der Waals surface area contributed by atoms with Gasteiger partial charge in [0.2, 0.25) is 5.91 Å². The van der Waals surface area contributed by atoms with E-state index in [4.69, 9.17) is 5.73 Å². The summed E-state index contributed by atoms with van der Waals surface area (Å²) in [5, 5.41) is 0. The number of hydrogen-bond acceptors (Lipinski definition) is 2. The zero-order valence-electron chi connectivity index (χ0n) is 11.6. The molecule has 0 bridgehead atoms. The average Bonchev–Trinajstić information content (AvgIpc) is 2.70. The lowest BCUT2D eigenvalue weighted by molar-refractivity contribution is -0.122. The van der Waals surface area contributed by atoms with Crippen LogP contribution in [-0.2, 0) is 4.79 Å². The fourth-order valence-electron chi connectivity index (χ4n) is 2.73. The molecule has 1 aromatic carbocycles. The Hall–Kier alpha value is -1.84. The Morgan fingerprint density at radius 3 is 2.47 bits per heavy atom. The van der Waals surface area contributed by atoms with Crippen LogP contribution in [0.1, 0.15) is 28.4 Å². The summed E-state index contributed by atoms with van der Waals surface area (Å²) in [5.74, 6) is -0.418. The van der Waals surface area contributed by atoms with E-state index in [9.17, 15) is 9.59 Å². The summed E-state index contributed by atoms with van der Waals surface area (Å²) >= 11 is 0. The molecule has 2 amide bonds. The van der Waals surface area contributed by atoms with Crippen molar-refractivity contribution < 1.29 is 9.59 Å². The first-order valence-corrected chi connectivity index (χ1v) is 6.56. The van der Waals surface area contributed by atoms with Gasteiger partial charge in [-0.05, 0) is 31.4 Å². The van der Waals surface area contributed by atoms with Crippen LogP contribution in [0.15, 0.2) is 18.2 Å². The van der Waals surface area contributed by atoms with Crippen LogP contribution in [-0.4, -0.2) is 29.8 Å². The SMILES string of the molecule is Cc1ccc(C(=O)N2C[C@@H](C)[C@H](C(N)=O)C2)c(C)c1. The van der Waals surface area contributed by atoms with Gasteiger partial charge in [-0.2, -0.15) is 0 Å². The number of hydrogen-bond donors (Lipinski definition) is 1. The molecule has 4 nitrogen and oxygen atoms in total. The molecule has 0 unspecified atom stereocenters. The van der Waals surface area contributed by atoms with Gasteiger partial charge in [-0.15, -0.1) is 0 Å². The number of likely N-dealkylation sites (tertiary alicyclic amines) is 1. The van der Waals surface area contributed by atoms with E-state index >= 15 is 0 Å². The Balaban J connectivity index is 2.19. The van der Waals surface area contributed by atoms with E-state index in [1.54, 1.807) is 4.90 Å². The molecule has 0 aromatic heterocycles. The summed E-state index contributed by atoms with van der Waals surface area (Å²) in [6.45, 7) is 6.93. The van der Waals surface area contributed by atoms with E-state index in [2.05, 4.69) is 0 Å². The zero-order valence-corrected chi connectivity index (χ0v) is 11.6. The number of primary amides is 1. The van der Waals surface area contributed by atoms with Crippen LogP contribution >= 0.6 is 0 Å². The minimum absolute atomic E-state index is 0.00639. The Morgan fingerprint density at radius 1 is 1.26 bits per heavy atom. The van der Waals surface area contributed by atoms with Gasteiger partial charge in [0.1, 0.15) is 0 Å². The van der Waals surface area contributed by atoms with Gasteiger partial charge in [-0.1, -0.05) is 24.6 Å². The van der Waals surface area contributed by atoms with Crippen LogP contribution < -0.4 is 5.73 Å². The first-order chi connectivity index (χ1) is 8.90. The minimum Gasteiger partial charge on any atom is -0.369 e. The highest BCUT2D eigenvalue weighted by molar-refractivity contribution is 5.96.